The number of hydrogen-bond donors (Lipinski definition) is 4. The van der Waals surface area contributed by atoms with E-state index in [1.54, 1.807) is 21.0 Å². The molecule has 8 atom stereocenters. The summed E-state index contributed by atoms with van der Waals surface area (Å²) in [5.74, 6) is -1.96. The Morgan fingerprint density at radius 3 is 2.42 bits per heavy atom. The second-order valence-electron chi connectivity index (χ2n) is 10.8. The topological polar surface area (TPSA) is 165 Å². The van der Waals surface area contributed by atoms with Crippen LogP contribution < -0.4 is 16.4 Å². The molecule has 1 saturated carbocycles. The number of aliphatic hydroxyl groups is 1. The molecule has 36 heavy (non-hydrogen) atoms. The summed E-state index contributed by atoms with van der Waals surface area (Å²) in [5, 5.41) is 14.2. The van der Waals surface area contributed by atoms with Gasteiger partial charge in [0.2, 0.25) is 11.8 Å². The van der Waals surface area contributed by atoms with Crippen LogP contribution in [0.15, 0.2) is 11.6 Å². The van der Waals surface area contributed by atoms with Crippen molar-refractivity contribution in [2.45, 2.75) is 95.5 Å². The summed E-state index contributed by atoms with van der Waals surface area (Å²) in [4.78, 5) is 36.9. The van der Waals surface area contributed by atoms with Crippen molar-refractivity contribution < 1.29 is 38.4 Å². The highest BCUT2D eigenvalue weighted by atomic mass is 16.6. The molecular weight excluding hydrogens is 470 g/mol. The van der Waals surface area contributed by atoms with Gasteiger partial charge in [0.1, 0.15) is 35.5 Å². The minimum atomic E-state index is -1.25. The van der Waals surface area contributed by atoms with Gasteiger partial charge in [-0.1, -0.05) is 25.5 Å². The zero-order valence-corrected chi connectivity index (χ0v) is 22.0. The van der Waals surface area contributed by atoms with E-state index in [0.29, 0.717) is 19.4 Å². The van der Waals surface area contributed by atoms with E-state index in [1.807, 2.05) is 0 Å². The number of carbonyl (C=O) groups is 3. The van der Waals surface area contributed by atoms with Crippen molar-refractivity contribution in [3.05, 3.63) is 11.6 Å². The first kappa shape index (κ1) is 28.4. The van der Waals surface area contributed by atoms with E-state index in [-0.39, 0.29) is 23.5 Å². The van der Waals surface area contributed by atoms with E-state index in [4.69, 9.17) is 24.7 Å². The molecule has 0 bridgehead atoms. The Hall–Kier alpha value is -2.21. The van der Waals surface area contributed by atoms with Crippen LogP contribution in [0.4, 0.5) is 4.79 Å². The lowest BCUT2D eigenvalue weighted by molar-refractivity contribution is -0.130. The molecule has 11 heteroatoms. The van der Waals surface area contributed by atoms with Gasteiger partial charge in [-0.05, 0) is 46.0 Å². The van der Waals surface area contributed by atoms with E-state index < -0.39 is 54.4 Å². The van der Waals surface area contributed by atoms with E-state index in [0.717, 1.165) is 6.42 Å². The first-order valence-corrected chi connectivity index (χ1v) is 12.5. The number of amides is 3. The number of nitrogens with two attached hydrogens (primary N) is 1. The summed E-state index contributed by atoms with van der Waals surface area (Å²) in [5.41, 5.74) is 5.60. The molecule has 2 aliphatic heterocycles. The third-order valence-electron chi connectivity index (χ3n) is 7.56. The van der Waals surface area contributed by atoms with Crippen LogP contribution in [0.1, 0.15) is 53.9 Å². The molecule has 2 heterocycles. The van der Waals surface area contributed by atoms with Crippen molar-refractivity contribution in [2.24, 2.45) is 17.6 Å². The van der Waals surface area contributed by atoms with Crippen LogP contribution >= 0.6 is 0 Å². The number of nitrogens with one attached hydrogen (secondary N) is 2. The average Bonchev–Trinajstić information content (AvgIpc) is 3.72. The van der Waals surface area contributed by atoms with Gasteiger partial charge in [0, 0.05) is 7.11 Å². The summed E-state index contributed by atoms with van der Waals surface area (Å²) >= 11 is 0. The van der Waals surface area contributed by atoms with Crippen molar-refractivity contribution in [3.8, 4) is 0 Å². The Labute approximate surface area is 212 Å². The number of rotatable bonds is 11. The number of methoxy groups -OCH3 is 1. The number of aliphatic hydroxyl groups excluding tert-OH is 1. The van der Waals surface area contributed by atoms with Crippen molar-refractivity contribution in [3.63, 3.8) is 0 Å². The SMILES string of the molecule is CO[C@@H]1[C@H](OC(=O)N[C@@H](C(=O)N[C@@H](CO)C(N)=O)C(C)C)CC[C@]2(CO2)[C@H]1[C@]1(C)O[C@H]1CC=C(C)C. The number of ether oxygens (including phenoxy) is 4. The molecule has 3 fully saturated rings. The van der Waals surface area contributed by atoms with E-state index in [9.17, 15) is 19.5 Å². The van der Waals surface area contributed by atoms with E-state index in [1.165, 1.54) is 5.57 Å². The Balaban J connectivity index is 1.68. The summed E-state index contributed by atoms with van der Waals surface area (Å²) in [6, 6.07) is -2.25. The van der Waals surface area contributed by atoms with Crippen molar-refractivity contribution >= 4 is 17.9 Å². The molecule has 5 N–H and O–H groups in total. The summed E-state index contributed by atoms with van der Waals surface area (Å²) in [7, 11) is 1.59. The fourth-order valence-corrected chi connectivity index (χ4v) is 5.37. The van der Waals surface area contributed by atoms with Crippen molar-refractivity contribution in [2.75, 3.05) is 20.3 Å². The van der Waals surface area contributed by atoms with Gasteiger partial charge in [-0.2, -0.15) is 0 Å². The van der Waals surface area contributed by atoms with Crippen molar-refractivity contribution in [1.29, 1.82) is 0 Å². The maximum Gasteiger partial charge on any atom is 0.408 e. The van der Waals surface area contributed by atoms with E-state index >= 15 is 0 Å². The maximum absolute atomic E-state index is 12.9. The Morgan fingerprint density at radius 2 is 1.92 bits per heavy atom. The number of alkyl carbamates (subject to hydrolysis) is 1. The average molecular weight is 512 g/mol. The standard InChI is InChI=1S/C25H41N3O8/c1-13(2)7-8-17-24(5,36-17)20-19(33-6)16(9-10-25(20)12-34-25)35-23(32)28-18(14(3)4)22(31)27-15(11-29)21(26)30/h7,14-20,29H,8-12H2,1-6H3,(H2,26,30)(H,27,31)(H,28,32)/t15-,16+,17-,18+,19+,20+,24+,25-/m0/s1. The molecule has 1 aliphatic carbocycles. The molecule has 2 saturated heterocycles. The van der Waals surface area contributed by atoms with Crippen LogP contribution in [0.25, 0.3) is 0 Å². The number of primary amides is 1. The quantitative estimate of drug-likeness (QED) is 0.233. The number of carbonyl (C=O) groups excluding carboxylic acids is 3. The molecule has 0 aromatic rings. The lowest BCUT2D eigenvalue weighted by Crippen LogP contribution is -2.58. The van der Waals surface area contributed by atoms with Gasteiger partial charge >= 0.3 is 6.09 Å². The summed E-state index contributed by atoms with van der Waals surface area (Å²) in [6.45, 7) is 9.62. The maximum atomic E-state index is 12.9. The number of epoxide rings is 2. The molecule has 11 nitrogen and oxygen atoms in total. The number of hydrogen-bond acceptors (Lipinski definition) is 8. The van der Waals surface area contributed by atoms with Crippen LogP contribution in [0.3, 0.4) is 0 Å². The zero-order valence-electron chi connectivity index (χ0n) is 22.0. The van der Waals surface area contributed by atoms with Gasteiger partial charge in [0.25, 0.3) is 0 Å². The first-order chi connectivity index (χ1) is 16.9. The summed E-state index contributed by atoms with van der Waals surface area (Å²) < 4.78 is 23.8. The van der Waals surface area contributed by atoms with Gasteiger partial charge in [0.15, 0.2) is 0 Å². The predicted molar refractivity (Wildman–Crippen MR) is 130 cm³/mol. The van der Waals surface area contributed by atoms with Gasteiger partial charge < -0.3 is 40.4 Å². The highest BCUT2D eigenvalue weighted by Crippen LogP contribution is 2.59. The molecule has 0 aromatic carbocycles. The predicted octanol–water partition coefficient (Wildman–Crippen LogP) is 0.776. The highest BCUT2D eigenvalue weighted by molar-refractivity contribution is 5.90. The molecule has 3 amide bonds. The Bertz CT molecular complexity index is 869. The largest absolute Gasteiger partial charge is 0.443 e. The number of allylic oxidation sites excluding steroid dienone is 1. The van der Waals surface area contributed by atoms with Gasteiger partial charge in [-0.15, -0.1) is 0 Å². The van der Waals surface area contributed by atoms with Crippen LogP contribution in [0, 0.1) is 11.8 Å². The molecule has 3 aliphatic rings. The minimum Gasteiger partial charge on any atom is -0.443 e. The Kier molecular flexibility index (Phi) is 8.70. The molecular formula is C25H41N3O8. The highest BCUT2D eigenvalue weighted by Gasteiger charge is 2.72. The summed E-state index contributed by atoms with van der Waals surface area (Å²) in [6.07, 6.45) is 2.43. The molecule has 0 unspecified atom stereocenters. The second kappa shape index (κ2) is 11.0. The van der Waals surface area contributed by atoms with Crippen LogP contribution in [0.2, 0.25) is 0 Å². The molecule has 204 valence electrons. The second-order valence-corrected chi connectivity index (χ2v) is 10.8. The molecule has 0 radical (unpaired) electrons. The molecule has 0 aromatic heterocycles. The lowest BCUT2D eigenvalue weighted by Gasteiger charge is -2.42. The lowest BCUT2D eigenvalue weighted by atomic mass is 9.68. The van der Waals surface area contributed by atoms with Crippen LogP contribution in [-0.2, 0) is 28.5 Å². The van der Waals surface area contributed by atoms with E-state index in [2.05, 4.69) is 37.5 Å². The smallest absolute Gasteiger partial charge is 0.408 e. The van der Waals surface area contributed by atoms with Crippen LogP contribution in [0.5, 0.6) is 0 Å². The zero-order chi connectivity index (χ0) is 26.8. The Morgan fingerprint density at radius 1 is 1.25 bits per heavy atom. The van der Waals surface area contributed by atoms with Gasteiger partial charge in [-0.3, -0.25) is 9.59 Å². The molecule has 3 rings (SSSR count). The normalized spacial score (nSPS) is 34.4. The van der Waals surface area contributed by atoms with Crippen molar-refractivity contribution in [1.82, 2.24) is 10.6 Å². The minimum absolute atomic E-state index is 0.0300. The van der Waals surface area contributed by atoms with Gasteiger partial charge in [-0.25, -0.2) is 4.79 Å². The first-order valence-electron chi connectivity index (χ1n) is 12.5. The third-order valence-corrected chi connectivity index (χ3v) is 7.56. The fourth-order valence-electron chi connectivity index (χ4n) is 5.37. The fraction of sp³-hybridized carbons (Fsp3) is 0.800. The third kappa shape index (κ3) is 6.01. The van der Waals surface area contributed by atoms with Gasteiger partial charge in [0.05, 0.1) is 25.2 Å². The van der Waals surface area contributed by atoms with Crippen LogP contribution in [-0.4, -0.2) is 84.9 Å². The monoisotopic (exact) mass is 511 g/mol. The molecule has 1 spiro atoms.